The van der Waals surface area contributed by atoms with Crippen molar-refractivity contribution in [3.05, 3.63) is 35.9 Å². The molecule has 0 atom stereocenters. The molecule has 0 radical (unpaired) electrons. The van der Waals surface area contributed by atoms with Crippen molar-refractivity contribution in [2.24, 2.45) is 0 Å². The molecular formula is C15H24O3Si. The molecular weight excluding hydrogens is 256 g/mol. The van der Waals surface area contributed by atoms with Gasteiger partial charge in [0.15, 0.2) is 8.32 Å². The van der Waals surface area contributed by atoms with Gasteiger partial charge in [0.05, 0.1) is 0 Å². The number of carbonyl (C=O) groups excluding carboxylic acids is 1. The van der Waals surface area contributed by atoms with Crippen molar-refractivity contribution in [2.75, 3.05) is 6.61 Å². The van der Waals surface area contributed by atoms with Gasteiger partial charge in [-0.15, -0.1) is 0 Å². The first-order valence-electron chi connectivity index (χ1n) is 6.56. The molecule has 19 heavy (non-hydrogen) atoms. The maximum Gasteiger partial charge on any atom is 0.331 e. The number of benzene rings is 1. The first kappa shape index (κ1) is 15.9. The Labute approximate surface area is 117 Å². The molecule has 1 rings (SSSR count). The van der Waals surface area contributed by atoms with Crippen LogP contribution >= 0.6 is 0 Å². The van der Waals surface area contributed by atoms with Gasteiger partial charge < -0.3 is 9.16 Å². The highest BCUT2D eigenvalue weighted by Gasteiger charge is 2.37. The molecule has 0 spiro atoms. The minimum Gasteiger partial charge on any atom is -0.459 e. The molecule has 0 bridgehead atoms. The summed E-state index contributed by atoms with van der Waals surface area (Å²) in [5, 5.41) is 0.104. The van der Waals surface area contributed by atoms with Crippen molar-refractivity contribution in [1.82, 2.24) is 0 Å². The number of rotatable bonds is 5. The van der Waals surface area contributed by atoms with Gasteiger partial charge in [-0.05, 0) is 23.7 Å². The smallest absolute Gasteiger partial charge is 0.331 e. The monoisotopic (exact) mass is 280 g/mol. The Morgan fingerprint density at radius 1 is 1.16 bits per heavy atom. The molecule has 4 heteroatoms. The van der Waals surface area contributed by atoms with Gasteiger partial charge in [0, 0.05) is 0 Å². The average Bonchev–Trinajstić information content (AvgIpc) is 2.34. The molecule has 0 aromatic heterocycles. The molecule has 0 aliphatic carbocycles. The third-order valence-corrected chi connectivity index (χ3v) is 8.08. The van der Waals surface area contributed by atoms with Crippen LogP contribution in [0.15, 0.2) is 30.3 Å². The van der Waals surface area contributed by atoms with Gasteiger partial charge in [0.2, 0.25) is 0 Å². The van der Waals surface area contributed by atoms with E-state index in [2.05, 4.69) is 33.9 Å². The lowest BCUT2D eigenvalue weighted by atomic mass is 10.2. The van der Waals surface area contributed by atoms with Crippen LogP contribution in [0.4, 0.5) is 0 Å². The zero-order valence-electron chi connectivity index (χ0n) is 12.5. The zero-order valence-corrected chi connectivity index (χ0v) is 13.5. The molecule has 3 nitrogen and oxygen atoms in total. The van der Waals surface area contributed by atoms with Crippen molar-refractivity contribution >= 4 is 14.3 Å². The third-order valence-electron chi connectivity index (χ3n) is 3.60. The third kappa shape index (κ3) is 5.16. The summed E-state index contributed by atoms with van der Waals surface area (Å²) in [6.07, 6.45) is 0. The predicted octanol–water partition coefficient (Wildman–Crippen LogP) is 3.75. The number of ether oxygens (including phenoxy) is 1. The van der Waals surface area contributed by atoms with Gasteiger partial charge in [-0.1, -0.05) is 51.1 Å². The molecule has 0 fully saturated rings. The SMILES string of the molecule is CC(C)(C)[Si](C)(C)OCC(=O)OCc1ccccc1. The van der Waals surface area contributed by atoms with Crippen molar-refractivity contribution in [2.45, 2.75) is 45.5 Å². The summed E-state index contributed by atoms with van der Waals surface area (Å²) in [5.41, 5.74) is 0.989. The van der Waals surface area contributed by atoms with Crippen LogP contribution < -0.4 is 0 Å². The van der Waals surface area contributed by atoms with Crippen LogP contribution in [0.25, 0.3) is 0 Å². The average molecular weight is 280 g/mol. The van der Waals surface area contributed by atoms with E-state index >= 15 is 0 Å². The van der Waals surface area contributed by atoms with Crippen LogP contribution in [-0.4, -0.2) is 20.9 Å². The van der Waals surface area contributed by atoms with Crippen molar-refractivity contribution in [1.29, 1.82) is 0 Å². The van der Waals surface area contributed by atoms with Gasteiger partial charge in [-0.3, -0.25) is 0 Å². The minimum absolute atomic E-state index is 0.0450. The van der Waals surface area contributed by atoms with Gasteiger partial charge in [-0.25, -0.2) is 4.79 Å². The summed E-state index contributed by atoms with van der Waals surface area (Å²) < 4.78 is 11.0. The highest BCUT2D eigenvalue weighted by Crippen LogP contribution is 2.36. The maximum absolute atomic E-state index is 11.7. The second-order valence-electron chi connectivity index (χ2n) is 6.20. The highest BCUT2D eigenvalue weighted by atomic mass is 28.4. The molecule has 106 valence electrons. The lowest BCUT2D eigenvalue weighted by Crippen LogP contribution is -2.42. The Morgan fingerprint density at radius 3 is 2.26 bits per heavy atom. The first-order valence-corrected chi connectivity index (χ1v) is 9.47. The maximum atomic E-state index is 11.7. The summed E-state index contributed by atoms with van der Waals surface area (Å²) in [7, 11) is -1.88. The van der Waals surface area contributed by atoms with Crippen LogP contribution in [-0.2, 0) is 20.6 Å². The predicted molar refractivity (Wildman–Crippen MR) is 79.4 cm³/mol. The van der Waals surface area contributed by atoms with Crippen molar-refractivity contribution < 1.29 is 14.0 Å². The van der Waals surface area contributed by atoms with E-state index in [9.17, 15) is 4.79 Å². The summed E-state index contributed by atoms with van der Waals surface area (Å²) >= 11 is 0. The lowest BCUT2D eigenvalue weighted by Gasteiger charge is -2.35. The number of carbonyl (C=O) groups is 1. The lowest BCUT2D eigenvalue weighted by molar-refractivity contribution is -0.147. The molecule has 0 amide bonds. The van der Waals surface area contributed by atoms with Crippen LogP contribution in [0, 0.1) is 0 Å². The molecule has 1 aromatic rings. The van der Waals surface area contributed by atoms with Crippen molar-refractivity contribution in [3.8, 4) is 0 Å². The molecule has 0 saturated heterocycles. The van der Waals surface area contributed by atoms with E-state index in [1.807, 2.05) is 30.3 Å². The van der Waals surface area contributed by atoms with Crippen LogP contribution in [0.5, 0.6) is 0 Å². The van der Waals surface area contributed by atoms with Crippen LogP contribution in [0.3, 0.4) is 0 Å². The Morgan fingerprint density at radius 2 is 1.74 bits per heavy atom. The molecule has 0 saturated carbocycles. The van der Waals surface area contributed by atoms with Crippen LogP contribution in [0.2, 0.25) is 18.1 Å². The van der Waals surface area contributed by atoms with E-state index in [-0.39, 0.29) is 17.6 Å². The van der Waals surface area contributed by atoms with Gasteiger partial charge in [0.1, 0.15) is 13.2 Å². The molecule has 0 N–H and O–H groups in total. The van der Waals surface area contributed by atoms with Crippen molar-refractivity contribution in [3.63, 3.8) is 0 Å². The van der Waals surface area contributed by atoms with E-state index in [1.54, 1.807) is 0 Å². The molecule has 0 aliphatic heterocycles. The van der Waals surface area contributed by atoms with Gasteiger partial charge in [-0.2, -0.15) is 0 Å². The minimum atomic E-state index is -1.88. The molecule has 1 aromatic carbocycles. The molecule has 0 aliphatic rings. The fourth-order valence-corrected chi connectivity index (χ4v) is 2.15. The second-order valence-corrected chi connectivity index (χ2v) is 11.0. The van der Waals surface area contributed by atoms with E-state index in [4.69, 9.17) is 9.16 Å². The second kappa shape index (κ2) is 6.35. The van der Waals surface area contributed by atoms with Gasteiger partial charge in [0.25, 0.3) is 0 Å². The normalized spacial score (nSPS) is 12.3. The highest BCUT2D eigenvalue weighted by molar-refractivity contribution is 6.74. The Balaban J connectivity index is 2.37. The number of esters is 1. The number of hydrogen-bond acceptors (Lipinski definition) is 3. The topological polar surface area (TPSA) is 35.5 Å². The Bertz CT molecular complexity index is 407. The van der Waals surface area contributed by atoms with E-state index in [0.717, 1.165) is 5.56 Å². The number of hydrogen-bond donors (Lipinski definition) is 0. The quantitative estimate of drug-likeness (QED) is 0.608. The largest absolute Gasteiger partial charge is 0.459 e. The standard InChI is InChI=1S/C15H24O3Si/c1-15(2,3)19(4,5)18-12-14(16)17-11-13-9-7-6-8-10-13/h6-10H,11-12H2,1-5H3. The summed E-state index contributed by atoms with van der Waals surface area (Å²) in [4.78, 5) is 11.7. The van der Waals surface area contributed by atoms with E-state index in [0.29, 0.717) is 6.61 Å². The van der Waals surface area contributed by atoms with E-state index in [1.165, 1.54) is 0 Å². The Hall–Kier alpha value is -1.13. The first-order chi connectivity index (χ1) is 8.72. The van der Waals surface area contributed by atoms with Gasteiger partial charge >= 0.3 is 5.97 Å². The summed E-state index contributed by atoms with van der Waals surface area (Å²) in [6, 6.07) is 9.65. The summed E-state index contributed by atoms with van der Waals surface area (Å²) in [5.74, 6) is -0.298. The van der Waals surface area contributed by atoms with E-state index < -0.39 is 8.32 Å². The fraction of sp³-hybridized carbons (Fsp3) is 0.533. The fourth-order valence-electron chi connectivity index (χ4n) is 1.24. The zero-order chi connectivity index (χ0) is 14.5. The summed E-state index contributed by atoms with van der Waals surface area (Å²) in [6.45, 7) is 11.0. The van der Waals surface area contributed by atoms with Crippen LogP contribution in [0.1, 0.15) is 26.3 Å². The Kier molecular flexibility index (Phi) is 5.32. The molecule has 0 unspecified atom stereocenters. The molecule has 0 heterocycles.